The number of methoxy groups -OCH3 is 2. The summed E-state index contributed by atoms with van der Waals surface area (Å²) in [6.45, 7) is 5.42. The van der Waals surface area contributed by atoms with Gasteiger partial charge in [0.15, 0.2) is 5.78 Å². The molecule has 1 saturated carbocycles. The number of hydrogen-bond donors (Lipinski definition) is 2. The zero-order chi connectivity index (χ0) is 38.5. The van der Waals surface area contributed by atoms with Crippen LogP contribution in [0.3, 0.4) is 0 Å². The van der Waals surface area contributed by atoms with E-state index in [1.54, 1.807) is 31.3 Å². The Balaban J connectivity index is 0.926. The van der Waals surface area contributed by atoms with Crippen LogP contribution in [0.5, 0.6) is 11.5 Å². The fourth-order valence-corrected chi connectivity index (χ4v) is 7.72. The number of benzene rings is 2. The third-order valence-electron chi connectivity index (χ3n) is 10.7. The molecule has 284 valence electrons. The molecule has 1 fully saturated rings. The molecule has 1 aliphatic carbocycles. The number of aryl methyl sites for hydroxylation is 2. The molecular formula is C42H49N5O7. The van der Waals surface area contributed by atoms with E-state index < -0.39 is 6.04 Å². The molecule has 2 aromatic carbocycles. The Morgan fingerprint density at radius 1 is 0.907 bits per heavy atom. The highest BCUT2D eigenvalue weighted by molar-refractivity contribution is 6.07. The van der Waals surface area contributed by atoms with Crippen molar-refractivity contribution >= 4 is 40.6 Å². The second-order valence-electron chi connectivity index (χ2n) is 14.2. The largest absolute Gasteiger partial charge is 0.496 e. The number of Topliss-reactive ketones (excluding diaryl/α,β-unsaturated/α-hetero) is 2. The molecule has 3 heterocycles. The van der Waals surface area contributed by atoms with Crippen molar-refractivity contribution in [3.8, 4) is 11.5 Å². The van der Waals surface area contributed by atoms with Gasteiger partial charge in [0, 0.05) is 87.7 Å². The quantitative estimate of drug-likeness (QED) is 0.171. The van der Waals surface area contributed by atoms with Gasteiger partial charge in [0.25, 0.3) is 5.91 Å². The molecule has 6 rings (SSSR count). The summed E-state index contributed by atoms with van der Waals surface area (Å²) < 4.78 is 13.7. The van der Waals surface area contributed by atoms with Gasteiger partial charge in [-0.1, -0.05) is 18.7 Å². The molecule has 2 N–H and O–H groups in total. The molecule has 0 saturated heterocycles. The van der Waals surface area contributed by atoms with Gasteiger partial charge in [-0.05, 0) is 73.1 Å². The van der Waals surface area contributed by atoms with Crippen molar-refractivity contribution in [1.29, 1.82) is 0 Å². The molecule has 2 aliphatic heterocycles. The highest BCUT2D eigenvalue weighted by atomic mass is 16.5. The molecule has 1 atom stereocenters. The number of carbonyl (C=O) groups excluding carboxylic acids is 5. The molecule has 1 unspecified atom stereocenters. The lowest BCUT2D eigenvalue weighted by molar-refractivity contribution is -0.133. The SMILES string of the molecule is C=C1c2c(ccn2C)C(c2cc(OC)c(CCCC(=O)NCCCNC(=O)CCc3cccc4c3CN(C3CCC(=O)CC3=O)C4=O)c(OC)c2)=CN1C. The first-order valence-corrected chi connectivity index (χ1v) is 18.5. The van der Waals surface area contributed by atoms with Gasteiger partial charge >= 0.3 is 0 Å². The van der Waals surface area contributed by atoms with Gasteiger partial charge in [-0.15, -0.1) is 0 Å². The van der Waals surface area contributed by atoms with Gasteiger partial charge in [0.1, 0.15) is 17.3 Å². The second-order valence-corrected chi connectivity index (χ2v) is 14.2. The zero-order valence-electron chi connectivity index (χ0n) is 31.6. The Morgan fingerprint density at radius 2 is 1.61 bits per heavy atom. The number of nitrogens with one attached hydrogen (secondary N) is 2. The van der Waals surface area contributed by atoms with Crippen molar-refractivity contribution in [3.05, 3.63) is 94.4 Å². The average Bonchev–Trinajstić information content (AvgIpc) is 3.71. The first-order chi connectivity index (χ1) is 26.0. The molecule has 12 heteroatoms. The van der Waals surface area contributed by atoms with Gasteiger partial charge in [0.2, 0.25) is 11.8 Å². The Labute approximate surface area is 316 Å². The van der Waals surface area contributed by atoms with Gasteiger partial charge in [-0.25, -0.2) is 0 Å². The van der Waals surface area contributed by atoms with Crippen molar-refractivity contribution in [2.24, 2.45) is 7.05 Å². The van der Waals surface area contributed by atoms with E-state index in [4.69, 9.17) is 9.47 Å². The Bertz CT molecular complexity index is 2000. The Kier molecular flexibility index (Phi) is 11.7. The van der Waals surface area contributed by atoms with Crippen LogP contribution in [0.2, 0.25) is 0 Å². The first-order valence-electron chi connectivity index (χ1n) is 18.5. The Hall–Kier alpha value is -5.65. The average molecular weight is 736 g/mol. The van der Waals surface area contributed by atoms with Gasteiger partial charge in [-0.3, -0.25) is 24.0 Å². The normalized spacial score (nSPS) is 16.6. The van der Waals surface area contributed by atoms with E-state index in [0.29, 0.717) is 81.6 Å². The number of ketones is 2. The van der Waals surface area contributed by atoms with E-state index in [-0.39, 0.29) is 42.1 Å². The Morgan fingerprint density at radius 3 is 2.30 bits per heavy atom. The standard InChI is InChI=1S/C42H49N5O7/c1-26-41-30(17-20-45(41)2)33(24-46(26)3)28-21-37(53-4)32(38(22-28)54-5)11-7-12-39(50)43-18-8-19-44-40(51)16-13-27-9-6-10-31-34(27)25-47(42(31)52)35-15-14-29(48)23-36(35)49/h6,9-10,17,20-22,24,35H,1,7-8,11-16,18-19,23,25H2,2-5H3,(H,43,50)(H,44,51). The number of nitrogens with zero attached hydrogens (tertiary/aromatic N) is 3. The molecule has 3 aliphatic rings. The summed E-state index contributed by atoms with van der Waals surface area (Å²) in [5, 5.41) is 5.86. The summed E-state index contributed by atoms with van der Waals surface area (Å²) in [7, 11) is 7.27. The van der Waals surface area contributed by atoms with Crippen LogP contribution in [0, 0.1) is 0 Å². The van der Waals surface area contributed by atoms with Crippen molar-refractivity contribution < 1.29 is 33.4 Å². The van der Waals surface area contributed by atoms with E-state index in [1.807, 2.05) is 43.4 Å². The third kappa shape index (κ3) is 7.97. The van der Waals surface area contributed by atoms with Gasteiger partial charge in [0.05, 0.1) is 38.1 Å². The molecule has 12 nitrogen and oxygen atoms in total. The van der Waals surface area contributed by atoms with Gasteiger partial charge in [-0.2, -0.15) is 0 Å². The van der Waals surface area contributed by atoms with Crippen LogP contribution >= 0.6 is 0 Å². The summed E-state index contributed by atoms with van der Waals surface area (Å²) in [5.41, 5.74) is 8.29. The number of ether oxygens (including phenoxy) is 2. The minimum atomic E-state index is -0.572. The summed E-state index contributed by atoms with van der Waals surface area (Å²) in [6.07, 6.45) is 7.47. The summed E-state index contributed by atoms with van der Waals surface area (Å²) in [4.78, 5) is 66.2. The molecule has 3 amide bonds. The summed E-state index contributed by atoms with van der Waals surface area (Å²) >= 11 is 0. The monoisotopic (exact) mass is 735 g/mol. The molecule has 0 spiro atoms. The van der Waals surface area contributed by atoms with Gasteiger partial charge < -0.3 is 34.5 Å². The topological polar surface area (TPSA) is 139 Å². The van der Waals surface area contributed by atoms with Crippen LogP contribution in [0.25, 0.3) is 11.3 Å². The van der Waals surface area contributed by atoms with Crippen molar-refractivity contribution in [3.63, 3.8) is 0 Å². The van der Waals surface area contributed by atoms with E-state index in [0.717, 1.165) is 44.8 Å². The maximum absolute atomic E-state index is 13.1. The number of rotatable bonds is 15. The fourth-order valence-electron chi connectivity index (χ4n) is 7.72. The smallest absolute Gasteiger partial charge is 0.255 e. The van der Waals surface area contributed by atoms with Crippen LogP contribution in [0.15, 0.2) is 55.4 Å². The fraction of sp³-hybridized carbons (Fsp3) is 0.405. The lowest BCUT2D eigenvalue weighted by Gasteiger charge is -2.29. The predicted molar refractivity (Wildman–Crippen MR) is 205 cm³/mol. The molecule has 3 aromatic rings. The predicted octanol–water partition coefficient (Wildman–Crippen LogP) is 4.57. The van der Waals surface area contributed by atoms with Crippen LogP contribution in [-0.4, -0.2) is 84.1 Å². The highest BCUT2D eigenvalue weighted by Crippen LogP contribution is 2.41. The van der Waals surface area contributed by atoms with Crippen molar-refractivity contribution in [2.75, 3.05) is 34.4 Å². The van der Waals surface area contributed by atoms with E-state index >= 15 is 0 Å². The molecule has 0 bridgehead atoms. The highest BCUT2D eigenvalue weighted by Gasteiger charge is 2.39. The summed E-state index contributed by atoms with van der Waals surface area (Å²) in [5.74, 6) is 0.752. The van der Waals surface area contributed by atoms with Crippen LogP contribution < -0.4 is 20.1 Å². The number of fused-ring (bicyclic) bond motifs is 2. The minimum Gasteiger partial charge on any atom is -0.496 e. The summed E-state index contributed by atoms with van der Waals surface area (Å²) in [6, 6.07) is 11.0. The van der Waals surface area contributed by atoms with Crippen molar-refractivity contribution in [2.45, 2.75) is 70.4 Å². The first kappa shape index (κ1) is 38.1. The van der Waals surface area contributed by atoms with Crippen LogP contribution in [0.4, 0.5) is 0 Å². The third-order valence-corrected chi connectivity index (χ3v) is 10.7. The maximum Gasteiger partial charge on any atom is 0.255 e. The van der Waals surface area contributed by atoms with Crippen molar-refractivity contribution in [1.82, 2.24) is 25.0 Å². The van der Waals surface area contributed by atoms with Crippen LogP contribution in [0.1, 0.15) is 88.8 Å². The second kappa shape index (κ2) is 16.6. The molecule has 0 radical (unpaired) electrons. The minimum absolute atomic E-state index is 0.0637. The van der Waals surface area contributed by atoms with E-state index in [9.17, 15) is 24.0 Å². The lowest BCUT2D eigenvalue weighted by Crippen LogP contribution is -2.44. The molecule has 54 heavy (non-hydrogen) atoms. The maximum atomic E-state index is 13.1. The number of hydrogen-bond acceptors (Lipinski definition) is 8. The lowest BCUT2D eigenvalue weighted by atomic mass is 9.92. The van der Waals surface area contributed by atoms with E-state index in [1.165, 1.54) is 0 Å². The number of aromatic nitrogens is 1. The molecular weight excluding hydrogens is 686 g/mol. The molecule has 1 aromatic heterocycles. The number of carbonyl (C=O) groups is 5. The van der Waals surface area contributed by atoms with E-state index in [2.05, 4.69) is 34.0 Å². The van der Waals surface area contributed by atoms with Crippen LogP contribution in [-0.2, 0) is 45.6 Å². The number of amides is 3. The zero-order valence-corrected chi connectivity index (χ0v) is 31.6.